The minimum absolute atomic E-state index is 0.0848. The first kappa shape index (κ1) is 22.7. The van der Waals surface area contributed by atoms with Crippen molar-refractivity contribution < 1.29 is 58.8 Å². The maximum absolute atomic E-state index is 13.4. The van der Waals surface area contributed by atoms with Gasteiger partial charge in [0, 0.05) is 12.5 Å². The number of fused-ring (bicyclic) bond motifs is 1. The molecule has 6 atom stereocenters. The summed E-state index contributed by atoms with van der Waals surface area (Å²) in [5, 5.41) is -3.59. The SMILES string of the molecule is O=C(CCNC(=O)C1C2CC3OC(=O)C1C3C2)OC(C(F)(F)F)C(F)(F)S(=O)(=O)O. The second-order valence-electron chi connectivity index (χ2n) is 7.41. The third kappa shape index (κ3) is 3.84. The lowest BCUT2D eigenvalue weighted by molar-refractivity contribution is -0.259. The van der Waals surface area contributed by atoms with Crippen LogP contribution in [0, 0.1) is 23.7 Å². The maximum atomic E-state index is 13.4. The fourth-order valence-corrected chi connectivity index (χ4v) is 4.87. The summed E-state index contributed by atoms with van der Waals surface area (Å²) >= 11 is 0. The zero-order valence-electron chi connectivity index (χ0n) is 14.9. The van der Waals surface area contributed by atoms with Gasteiger partial charge in [-0.1, -0.05) is 0 Å². The van der Waals surface area contributed by atoms with Crippen LogP contribution in [0.4, 0.5) is 22.0 Å². The van der Waals surface area contributed by atoms with Gasteiger partial charge in [-0.25, -0.2) is 0 Å². The molecule has 170 valence electrons. The van der Waals surface area contributed by atoms with E-state index in [2.05, 4.69) is 10.1 Å². The summed E-state index contributed by atoms with van der Waals surface area (Å²) in [6.07, 6.45) is -10.5. The van der Waals surface area contributed by atoms with Crippen LogP contribution in [-0.2, 0) is 34.0 Å². The van der Waals surface area contributed by atoms with Crippen molar-refractivity contribution in [1.29, 1.82) is 0 Å². The molecule has 1 aliphatic heterocycles. The molecule has 0 radical (unpaired) electrons. The highest BCUT2D eigenvalue weighted by Gasteiger charge is 2.66. The quantitative estimate of drug-likeness (QED) is 0.318. The van der Waals surface area contributed by atoms with Crippen molar-refractivity contribution in [1.82, 2.24) is 5.32 Å². The fourth-order valence-electron chi connectivity index (χ4n) is 4.42. The third-order valence-corrected chi connectivity index (χ3v) is 6.51. The van der Waals surface area contributed by atoms with Gasteiger partial charge in [0.25, 0.3) is 6.10 Å². The Balaban J connectivity index is 1.55. The third-order valence-electron chi connectivity index (χ3n) is 5.61. The van der Waals surface area contributed by atoms with E-state index in [9.17, 15) is 44.8 Å². The summed E-state index contributed by atoms with van der Waals surface area (Å²) in [5.41, 5.74) is 0. The molecular formula is C15H16F5NO8S. The zero-order chi connectivity index (χ0) is 22.6. The number of hydrogen-bond donors (Lipinski definition) is 2. The van der Waals surface area contributed by atoms with Crippen LogP contribution in [0.3, 0.4) is 0 Å². The van der Waals surface area contributed by atoms with E-state index in [0.717, 1.165) is 0 Å². The number of esters is 2. The molecule has 2 aliphatic carbocycles. The van der Waals surface area contributed by atoms with Crippen molar-refractivity contribution in [2.24, 2.45) is 23.7 Å². The molecule has 1 amide bonds. The molecule has 9 nitrogen and oxygen atoms in total. The molecule has 3 fully saturated rings. The van der Waals surface area contributed by atoms with Crippen molar-refractivity contribution in [3.63, 3.8) is 0 Å². The van der Waals surface area contributed by atoms with Gasteiger partial charge in [0.05, 0.1) is 18.3 Å². The van der Waals surface area contributed by atoms with Crippen molar-refractivity contribution in [2.45, 2.75) is 42.9 Å². The first-order chi connectivity index (χ1) is 13.6. The van der Waals surface area contributed by atoms with Crippen LogP contribution in [0.5, 0.6) is 0 Å². The monoisotopic (exact) mass is 465 g/mol. The molecule has 3 aliphatic rings. The largest absolute Gasteiger partial charge is 0.462 e. The Bertz CT molecular complexity index is 858. The van der Waals surface area contributed by atoms with Crippen LogP contribution >= 0.6 is 0 Å². The summed E-state index contributed by atoms with van der Waals surface area (Å²) in [6, 6.07) is 0. The summed E-state index contributed by atoms with van der Waals surface area (Å²) in [4.78, 5) is 35.7. The lowest BCUT2D eigenvalue weighted by Crippen LogP contribution is -2.52. The molecule has 0 spiro atoms. The van der Waals surface area contributed by atoms with Crippen LogP contribution < -0.4 is 5.32 Å². The molecule has 1 saturated heterocycles. The van der Waals surface area contributed by atoms with Gasteiger partial charge in [-0.05, 0) is 18.8 Å². The Morgan fingerprint density at radius 3 is 2.43 bits per heavy atom. The number of rotatable bonds is 7. The molecule has 15 heteroatoms. The lowest BCUT2D eigenvalue weighted by Gasteiger charge is -2.26. The van der Waals surface area contributed by atoms with Crippen molar-refractivity contribution >= 4 is 28.0 Å². The lowest BCUT2D eigenvalue weighted by atomic mass is 9.79. The molecule has 1 heterocycles. The first-order valence-corrected chi connectivity index (χ1v) is 10.2. The molecule has 0 aromatic rings. The highest BCUT2D eigenvalue weighted by Crippen LogP contribution is 2.57. The Morgan fingerprint density at radius 1 is 1.23 bits per heavy atom. The number of hydrogen-bond acceptors (Lipinski definition) is 7. The minimum Gasteiger partial charge on any atom is -0.462 e. The number of amides is 1. The summed E-state index contributed by atoms with van der Waals surface area (Å²) in [6.45, 7) is -0.598. The van der Waals surface area contributed by atoms with E-state index >= 15 is 0 Å². The predicted octanol–water partition coefficient (Wildman–Crippen LogP) is 0.645. The number of alkyl halides is 5. The van der Waals surface area contributed by atoms with Gasteiger partial charge in [0.15, 0.2) is 0 Å². The number of ether oxygens (including phenoxy) is 2. The number of carbonyl (C=O) groups excluding carboxylic acids is 3. The molecule has 30 heavy (non-hydrogen) atoms. The van der Waals surface area contributed by atoms with Crippen molar-refractivity contribution in [3.8, 4) is 0 Å². The molecule has 6 unspecified atom stereocenters. The highest BCUT2D eigenvalue weighted by molar-refractivity contribution is 7.86. The van der Waals surface area contributed by atoms with Crippen LogP contribution in [0.15, 0.2) is 0 Å². The van der Waals surface area contributed by atoms with Crippen LogP contribution in [0.25, 0.3) is 0 Å². The van der Waals surface area contributed by atoms with E-state index in [4.69, 9.17) is 9.29 Å². The molecule has 2 saturated carbocycles. The molecular weight excluding hydrogens is 449 g/mol. The Morgan fingerprint density at radius 2 is 1.87 bits per heavy atom. The smallest absolute Gasteiger partial charge is 0.432 e. The average molecular weight is 465 g/mol. The van der Waals surface area contributed by atoms with Crippen LogP contribution in [0.1, 0.15) is 19.3 Å². The predicted molar refractivity (Wildman–Crippen MR) is 83.1 cm³/mol. The fraction of sp³-hybridized carbons (Fsp3) is 0.800. The van der Waals surface area contributed by atoms with Gasteiger partial charge in [-0.15, -0.1) is 0 Å². The highest BCUT2D eigenvalue weighted by atomic mass is 32.2. The van der Waals surface area contributed by atoms with Gasteiger partial charge in [-0.3, -0.25) is 18.9 Å². The van der Waals surface area contributed by atoms with Crippen molar-refractivity contribution in [3.05, 3.63) is 0 Å². The van der Waals surface area contributed by atoms with Gasteiger partial charge >= 0.3 is 33.5 Å². The van der Waals surface area contributed by atoms with Crippen molar-refractivity contribution in [2.75, 3.05) is 6.54 Å². The molecule has 2 N–H and O–H groups in total. The normalized spacial score (nSPS) is 31.4. The zero-order valence-corrected chi connectivity index (χ0v) is 15.7. The Hall–Kier alpha value is -2.03. The van der Waals surface area contributed by atoms with Crippen LogP contribution in [-0.4, -0.2) is 61.0 Å². The summed E-state index contributed by atoms with van der Waals surface area (Å²) in [7, 11) is -6.53. The van der Waals surface area contributed by atoms with Gasteiger partial charge in [-0.2, -0.15) is 30.4 Å². The average Bonchev–Trinajstić information content (AvgIpc) is 3.19. The minimum atomic E-state index is -6.53. The van der Waals surface area contributed by atoms with E-state index in [1.807, 2.05) is 0 Å². The van der Waals surface area contributed by atoms with Gasteiger partial charge in [0.2, 0.25) is 5.91 Å². The maximum Gasteiger partial charge on any atom is 0.432 e. The molecule has 3 rings (SSSR count). The second kappa shape index (κ2) is 7.28. The van der Waals surface area contributed by atoms with E-state index in [0.29, 0.717) is 12.8 Å². The second-order valence-corrected chi connectivity index (χ2v) is 8.91. The first-order valence-electron chi connectivity index (χ1n) is 8.74. The van der Waals surface area contributed by atoms with E-state index in [1.165, 1.54) is 0 Å². The number of nitrogens with one attached hydrogen (secondary N) is 1. The summed E-state index contributed by atoms with van der Waals surface area (Å²) in [5.74, 6) is -4.58. The Labute approximate surface area is 166 Å². The van der Waals surface area contributed by atoms with E-state index in [-0.39, 0.29) is 17.9 Å². The standard InChI is InChI=1S/C15H16F5NO8S/c16-14(17,18)13(15(19,20)30(25,26)27)29-8(22)1-2-21-11(23)9-5-3-6-7(4-5)28-12(24)10(6)9/h5-7,9-10,13H,1-4H2,(H,21,23)(H,25,26,27). The Kier molecular flexibility index (Phi) is 5.50. The molecule has 0 aromatic heterocycles. The summed E-state index contributed by atoms with van der Waals surface area (Å²) < 4.78 is 103. The van der Waals surface area contributed by atoms with Crippen LogP contribution in [0.2, 0.25) is 0 Å². The van der Waals surface area contributed by atoms with E-state index < -0.39 is 70.3 Å². The molecule has 0 aromatic carbocycles. The van der Waals surface area contributed by atoms with Gasteiger partial charge < -0.3 is 14.8 Å². The molecule has 2 bridgehead atoms. The topological polar surface area (TPSA) is 136 Å². The number of carbonyl (C=O) groups is 3. The van der Waals surface area contributed by atoms with E-state index in [1.54, 1.807) is 0 Å². The number of halogens is 5. The van der Waals surface area contributed by atoms with Gasteiger partial charge in [0.1, 0.15) is 6.10 Å².